The average molecular weight is 495 g/mol. The number of nitrogens with one attached hydrogen (secondary N) is 2. The van der Waals surface area contributed by atoms with E-state index < -0.39 is 0 Å². The van der Waals surface area contributed by atoms with E-state index in [0.717, 1.165) is 16.9 Å². The predicted octanol–water partition coefficient (Wildman–Crippen LogP) is 3.50. The number of rotatable bonds is 6. The lowest BCUT2D eigenvalue weighted by Gasteiger charge is -2.13. The lowest BCUT2D eigenvalue weighted by molar-refractivity contribution is 0.414. The third-order valence-electron chi connectivity index (χ3n) is 4.07. The fourth-order valence-corrected chi connectivity index (χ4v) is 2.65. The lowest BCUT2D eigenvalue weighted by Crippen LogP contribution is -2.36. The number of ether oxygens (including phenoxy) is 1. The second-order valence-corrected chi connectivity index (χ2v) is 5.89. The van der Waals surface area contributed by atoms with Gasteiger partial charge in [0.1, 0.15) is 11.6 Å². The van der Waals surface area contributed by atoms with Crippen LogP contribution in [0, 0.1) is 5.82 Å². The van der Waals surface area contributed by atoms with Crippen molar-refractivity contribution in [1.29, 1.82) is 0 Å². The third-order valence-corrected chi connectivity index (χ3v) is 4.07. The third kappa shape index (κ3) is 5.69. The van der Waals surface area contributed by atoms with Gasteiger partial charge in [-0.1, -0.05) is 18.2 Å². The van der Waals surface area contributed by atoms with Crippen LogP contribution in [0.5, 0.6) is 5.75 Å². The first-order chi connectivity index (χ1) is 13.2. The maximum absolute atomic E-state index is 14.3. The normalized spacial score (nSPS) is 10.9. The van der Waals surface area contributed by atoms with Gasteiger partial charge < -0.3 is 19.9 Å². The molecule has 6 nitrogen and oxygen atoms in total. The number of nitrogens with zero attached hydrogens (tertiary/aromatic N) is 3. The number of benzene rings is 2. The Hall–Kier alpha value is -2.62. The molecule has 0 aliphatic rings. The predicted molar refractivity (Wildman–Crippen MR) is 119 cm³/mol. The van der Waals surface area contributed by atoms with Crippen LogP contribution in [-0.4, -0.2) is 29.7 Å². The van der Waals surface area contributed by atoms with Crippen molar-refractivity contribution in [3.63, 3.8) is 0 Å². The fourth-order valence-electron chi connectivity index (χ4n) is 2.65. The maximum Gasteiger partial charge on any atom is 0.191 e. The summed E-state index contributed by atoms with van der Waals surface area (Å²) in [6.45, 7) is 1.06. The van der Waals surface area contributed by atoms with Crippen LogP contribution in [0.15, 0.2) is 66.2 Å². The van der Waals surface area contributed by atoms with Crippen molar-refractivity contribution in [1.82, 2.24) is 20.2 Å². The summed E-state index contributed by atoms with van der Waals surface area (Å²) in [4.78, 5) is 8.14. The Morgan fingerprint density at radius 3 is 2.50 bits per heavy atom. The summed E-state index contributed by atoms with van der Waals surface area (Å²) in [6, 6.07) is 12.9. The van der Waals surface area contributed by atoms with E-state index in [2.05, 4.69) is 20.6 Å². The highest BCUT2D eigenvalue weighted by Gasteiger charge is 2.06. The summed E-state index contributed by atoms with van der Waals surface area (Å²) < 4.78 is 21.2. The molecule has 0 aliphatic carbocycles. The van der Waals surface area contributed by atoms with Crippen LogP contribution in [0.3, 0.4) is 0 Å². The Morgan fingerprint density at radius 2 is 1.89 bits per heavy atom. The van der Waals surface area contributed by atoms with Gasteiger partial charge in [0.25, 0.3) is 0 Å². The molecule has 3 rings (SSSR count). The van der Waals surface area contributed by atoms with Gasteiger partial charge in [0.2, 0.25) is 0 Å². The Balaban J connectivity index is 0.00000280. The largest absolute Gasteiger partial charge is 0.497 e. The van der Waals surface area contributed by atoms with Gasteiger partial charge in [-0.25, -0.2) is 9.37 Å². The molecule has 148 valence electrons. The zero-order valence-corrected chi connectivity index (χ0v) is 18.1. The molecule has 0 unspecified atom stereocenters. The number of imidazole rings is 1. The minimum atomic E-state index is -0.299. The zero-order chi connectivity index (χ0) is 19.1. The van der Waals surface area contributed by atoms with E-state index in [9.17, 15) is 4.39 Å². The van der Waals surface area contributed by atoms with E-state index in [1.54, 1.807) is 43.5 Å². The Morgan fingerprint density at radius 1 is 1.14 bits per heavy atom. The van der Waals surface area contributed by atoms with Crippen molar-refractivity contribution < 1.29 is 9.13 Å². The zero-order valence-electron chi connectivity index (χ0n) is 15.7. The van der Waals surface area contributed by atoms with E-state index >= 15 is 0 Å². The Kier molecular flexibility index (Phi) is 8.24. The molecule has 0 aliphatic heterocycles. The number of methoxy groups -OCH3 is 1. The first kappa shape index (κ1) is 21.7. The Bertz CT molecular complexity index is 915. The summed E-state index contributed by atoms with van der Waals surface area (Å²) in [5.41, 5.74) is 2.37. The number of halogens is 2. The van der Waals surface area contributed by atoms with Gasteiger partial charge in [-0.3, -0.25) is 4.99 Å². The highest BCUT2D eigenvalue weighted by Crippen LogP contribution is 2.15. The van der Waals surface area contributed by atoms with E-state index in [-0.39, 0.29) is 29.8 Å². The first-order valence-corrected chi connectivity index (χ1v) is 8.54. The number of aromatic nitrogens is 2. The summed E-state index contributed by atoms with van der Waals surface area (Å²) in [5, 5.41) is 6.42. The van der Waals surface area contributed by atoms with Gasteiger partial charge in [-0.15, -0.1) is 24.0 Å². The molecule has 0 bridgehead atoms. The van der Waals surface area contributed by atoms with Crippen LogP contribution in [-0.2, 0) is 13.1 Å². The van der Waals surface area contributed by atoms with E-state index in [1.807, 2.05) is 30.3 Å². The first-order valence-electron chi connectivity index (χ1n) is 8.54. The number of aliphatic imine (C=N–C) groups is 1. The van der Waals surface area contributed by atoms with Crippen molar-refractivity contribution >= 4 is 29.9 Å². The lowest BCUT2D eigenvalue weighted by atomic mass is 10.2. The minimum absolute atomic E-state index is 0. The smallest absolute Gasteiger partial charge is 0.191 e. The minimum Gasteiger partial charge on any atom is -0.497 e. The van der Waals surface area contributed by atoms with Crippen LogP contribution < -0.4 is 15.4 Å². The second-order valence-electron chi connectivity index (χ2n) is 5.89. The van der Waals surface area contributed by atoms with Crippen LogP contribution in [0.25, 0.3) is 5.69 Å². The van der Waals surface area contributed by atoms with Gasteiger partial charge in [0.05, 0.1) is 19.1 Å². The van der Waals surface area contributed by atoms with Crippen molar-refractivity contribution in [2.24, 2.45) is 4.99 Å². The van der Waals surface area contributed by atoms with Gasteiger partial charge in [0, 0.05) is 32.5 Å². The van der Waals surface area contributed by atoms with Crippen LogP contribution in [0.4, 0.5) is 4.39 Å². The molecular weight excluding hydrogens is 472 g/mol. The SMILES string of the molecule is CN=C(NCc1cccc(OC)c1)NCc1ccc(-n2ccnc2)c(F)c1.I. The van der Waals surface area contributed by atoms with Crippen LogP contribution >= 0.6 is 24.0 Å². The maximum atomic E-state index is 14.3. The van der Waals surface area contributed by atoms with Crippen molar-refractivity contribution in [3.05, 3.63) is 78.1 Å². The summed E-state index contributed by atoms with van der Waals surface area (Å²) in [7, 11) is 3.34. The molecular formula is C20H23FIN5O. The summed E-state index contributed by atoms with van der Waals surface area (Å²) in [6.07, 6.45) is 4.90. The fraction of sp³-hybridized carbons (Fsp3) is 0.200. The number of hydrogen-bond donors (Lipinski definition) is 2. The van der Waals surface area contributed by atoms with Gasteiger partial charge in [-0.2, -0.15) is 0 Å². The Labute approximate surface area is 180 Å². The summed E-state index contributed by atoms with van der Waals surface area (Å²) in [5.74, 6) is 1.15. The topological polar surface area (TPSA) is 63.5 Å². The molecule has 0 fully saturated rings. The van der Waals surface area contributed by atoms with Gasteiger partial charge in [0.15, 0.2) is 5.96 Å². The molecule has 2 N–H and O–H groups in total. The molecule has 0 radical (unpaired) electrons. The average Bonchev–Trinajstić information content (AvgIpc) is 3.23. The van der Waals surface area contributed by atoms with Crippen molar-refractivity contribution in [3.8, 4) is 11.4 Å². The molecule has 28 heavy (non-hydrogen) atoms. The summed E-state index contributed by atoms with van der Waals surface area (Å²) >= 11 is 0. The van der Waals surface area contributed by atoms with E-state index in [1.165, 1.54) is 6.07 Å². The molecule has 1 aromatic heterocycles. The van der Waals surface area contributed by atoms with Crippen molar-refractivity contribution in [2.45, 2.75) is 13.1 Å². The quantitative estimate of drug-likeness (QED) is 0.312. The molecule has 0 spiro atoms. The standard InChI is InChI=1S/C20H22FN5O.HI/c1-22-20(24-12-15-4-3-5-17(10-15)27-2)25-13-16-6-7-19(18(21)11-16)26-9-8-23-14-26;/h3-11,14H,12-13H2,1-2H3,(H2,22,24,25);1H. The molecule has 0 amide bonds. The molecule has 0 saturated heterocycles. The van der Waals surface area contributed by atoms with Gasteiger partial charge >= 0.3 is 0 Å². The van der Waals surface area contributed by atoms with Gasteiger partial charge in [-0.05, 0) is 35.4 Å². The highest BCUT2D eigenvalue weighted by atomic mass is 127. The van der Waals surface area contributed by atoms with E-state index in [0.29, 0.717) is 24.7 Å². The molecule has 0 atom stereocenters. The monoisotopic (exact) mass is 495 g/mol. The second kappa shape index (κ2) is 10.6. The van der Waals surface area contributed by atoms with Crippen molar-refractivity contribution in [2.75, 3.05) is 14.2 Å². The number of hydrogen-bond acceptors (Lipinski definition) is 3. The molecule has 0 saturated carbocycles. The highest BCUT2D eigenvalue weighted by molar-refractivity contribution is 14.0. The molecule has 1 heterocycles. The number of guanidine groups is 1. The molecule has 2 aromatic carbocycles. The van der Waals surface area contributed by atoms with E-state index in [4.69, 9.17) is 4.74 Å². The molecule has 3 aromatic rings. The molecule has 8 heteroatoms. The van der Waals surface area contributed by atoms with Crippen LogP contribution in [0.1, 0.15) is 11.1 Å². The van der Waals surface area contributed by atoms with Crippen LogP contribution in [0.2, 0.25) is 0 Å².